The Hall–Kier alpha value is -1.20. The van der Waals surface area contributed by atoms with E-state index in [-0.39, 0.29) is 19.0 Å². The maximum absolute atomic E-state index is 8.73. The summed E-state index contributed by atoms with van der Waals surface area (Å²) in [4.78, 5) is 7.77. The van der Waals surface area contributed by atoms with Gasteiger partial charge in [-0.25, -0.2) is 9.97 Å². The molecule has 5 nitrogen and oxygen atoms in total. The van der Waals surface area contributed by atoms with Crippen molar-refractivity contribution in [2.24, 2.45) is 0 Å². The lowest BCUT2D eigenvalue weighted by Gasteiger charge is -2.02. The summed E-state index contributed by atoms with van der Waals surface area (Å²) in [6.45, 7) is -0.164. The van der Waals surface area contributed by atoms with E-state index < -0.39 is 0 Å². The highest BCUT2D eigenvalue weighted by molar-refractivity contribution is 5.36. The van der Waals surface area contributed by atoms with Crippen LogP contribution in [0.2, 0.25) is 0 Å². The lowest BCUT2D eigenvalue weighted by molar-refractivity contribution is 0.281. The highest BCUT2D eigenvalue weighted by Gasteiger charge is 2.01. The van der Waals surface area contributed by atoms with Gasteiger partial charge in [0, 0.05) is 18.2 Å². The minimum Gasteiger partial charge on any atom is -0.396 e. The lowest BCUT2D eigenvalue weighted by atomic mass is 10.3. The van der Waals surface area contributed by atoms with Crippen LogP contribution in [0.1, 0.15) is 11.4 Å². The smallest absolute Gasteiger partial charge is 0.132 e. The van der Waals surface area contributed by atoms with Crippen molar-refractivity contribution >= 4 is 5.82 Å². The van der Waals surface area contributed by atoms with Gasteiger partial charge in [-0.05, 0) is 0 Å². The zero-order chi connectivity index (χ0) is 8.97. The van der Waals surface area contributed by atoms with Gasteiger partial charge in [0.25, 0.3) is 0 Å². The third-order valence-corrected chi connectivity index (χ3v) is 1.45. The molecule has 0 bridgehead atoms. The number of hydrogen-bond acceptors (Lipinski definition) is 5. The topological polar surface area (TPSA) is 92.3 Å². The maximum Gasteiger partial charge on any atom is 0.132 e. The van der Waals surface area contributed by atoms with Gasteiger partial charge in [0.2, 0.25) is 0 Å². The van der Waals surface area contributed by atoms with Gasteiger partial charge in [0.05, 0.1) is 13.2 Å². The molecule has 12 heavy (non-hydrogen) atoms. The number of aromatic nitrogens is 2. The van der Waals surface area contributed by atoms with Gasteiger partial charge in [-0.1, -0.05) is 0 Å². The average molecular weight is 169 g/mol. The highest BCUT2D eigenvalue weighted by atomic mass is 16.3. The van der Waals surface area contributed by atoms with Crippen LogP contribution in [0, 0.1) is 0 Å². The van der Waals surface area contributed by atoms with Crippen LogP contribution in [0.3, 0.4) is 0 Å². The highest BCUT2D eigenvalue weighted by Crippen LogP contribution is 2.06. The zero-order valence-electron chi connectivity index (χ0n) is 6.56. The molecule has 1 aromatic heterocycles. The molecule has 0 aliphatic heterocycles. The van der Waals surface area contributed by atoms with Gasteiger partial charge >= 0.3 is 0 Å². The van der Waals surface area contributed by atoms with E-state index in [9.17, 15) is 0 Å². The fourth-order valence-corrected chi connectivity index (χ4v) is 0.801. The molecule has 1 aromatic rings. The third kappa shape index (κ3) is 1.90. The van der Waals surface area contributed by atoms with E-state index in [1.807, 2.05) is 0 Å². The lowest BCUT2D eigenvalue weighted by Crippen LogP contribution is -2.05. The van der Waals surface area contributed by atoms with E-state index in [4.69, 9.17) is 15.9 Å². The Kier molecular flexibility index (Phi) is 2.95. The Bertz CT molecular complexity index is 265. The quantitative estimate of drug-likeness (QED) is 0.544. The molecule has 0 fully saturated rings. The summed E-state index contributed by atoms with van der Waals surface area (Å²) < 4.78 is 0. The summed E-state index contributed by atoms with van der Waals surface area (Å²) in [5.41, 5.74) is 5.98. The minimum atomic E-state index is -0.161. The van der Waals surface area contributed by atoms with E-state index in [0.717, 1.165) is 0 Å². The van der Waals surface area contributed by atoms with Crippen LogP contribution in [0.25, 0.3) is 0 Å². The second-order valence-corrected chi connectivity index (χ2v) is 2.33. The monoisotopic (exact) mass is 169 g/mol. The Morgan fingerprint density at radius 3 is 2.67 bits per heavy atom. The van der Waals surface area contributed by atoms with Gasteiger partial charge in [0.1, 0.15) is 11.6 Å². The molecule has 1 rings (SSSR count). The number of aliphatic hydroxyl groups excluding tert-OH is 2. The largest absolute Gasteiger partial charge is 0.396 e. The van der Waals surface area contributed by atoms with Crippen LogP contribution in [0.5, 0.6) is 0 Å². The molecule has 4 N–H and O–H groups in total. The molecule has 0 aromatic carbocycles. The Balaban J connectivity index is 2.86. The Morgan fingerprint density at radius 2 is 2.17 bits per heavy atom. The first kappa shape index (κ1) is 8.89. The van der Waals surface area contributed by atoms with Crippen molar-refractivity contribution in [1.82, 2.24) is 9.97 Å². The van der Waals surface area contributed by atoms with Crippen LogP contribution in [0.15, 0.2) is 6.20 Å². The minimum absolute atomic E-state index is 0.00207. The van der Waals surface area contributed by atoms with Crippen molar-refractivity contribution in [3.05, 3.63) is 17.6 Å². The van der Waals surface area contributed by atoms with Crippen LogP contribution >= 0.6 is 0 Å². The molecule has 0 amide bonds. The van der Waals surface area contributed by atoms with Crippen molar-refractivity contribution in [2.75, 3.05) is 12.3 Å². The summed E-state index contributed by atoms with van der Waals surface area (Å²) in [5.74, 6) is 0.767. The first-order valence-electron chi connectivity index (χ1n) is 3.60. The van der Waals surface area contributed by atoms with Gasteiger partial charge in [-0.3, -0.25) is 0 Å². The van der Waals surface area contributed by atoms with Crippen molar-refractivity contribution in [3.63, 3.8) is 0 Å². The molecular weight excluding hydrogens is 158 g/mol. The second kappa shape index (κ2) is 3.99. The number of nitrogens with two attached hydrogens (primary N) is 1. The summed E-state index contributed by atoms with van der Waals surface area (Å²) in [6, 6.07) is 0. The molecule has 0 aliphatic rings. The summed E-state index contributed by atoms with van der Waals surface area (Å²) in [7, 11) is 0. The van der Waals surface area contributed by atoms with Gasteiger partial charge < -0.3 is 15.9 Å². The fraction of sp³-hybridized carbons (Fsp3) is 0.429. The van der Waals surface area contributed by atoms with Crippen molar-refractivity contribution in [1.29, 1.82) is 0 Å². The first-order chi connectivity index (χ1) is 5.77. The Morgan fingerprint density at radius 1 is 1.42 bits per heavy atom. The first-order valence-corrected chi connectivity index (χ1v) is 3.60. The molecule has 0 spiro atoms. The van der Waals surface area contributed by atoms with E-state index in [2.05, 4.69) is 9.97 Å². The molecule has 0 atom stereocenters. The molecule has 0 radical (unpaired) electrons. The molecule has 0 saturated carbocycles. The van der Waals surface area contributed by atoms with E-state index in [0.29, 0.717) is 17.8 Å². The van der Waals surface area contributed by atoms with Crippen LogP contribution in [0.4, 0.5) is 5.82 Å². The molecule has 0 aliphatic carbocycles. The number of hydrogen-bond donors (Lipinski definition) is 3. The van der Waals surface area contributed by atoms with Gasteiger partial charge in [-0.15, -0.1) is 0 Å². The molecule has 1 heterocycles. The number of anilines is 1. The summed E-state index contributed by atoms with van der Waals surface area (Å²) in [6.07, 6.45) is 1.85. The number of nitrogen functional groups attached to an aromatic ring is 1. The Labute approximate surface area is 69.9 Å². The molecular formula is C7H11N3O2. The molecule has 66 valence electrons. The predicted octanol–water partition coefficient (Wildman–Crippen LogP) is -0.914. The fourth-order valence-electron chi connectivity index (χ4n) is 0.801. The molecule has 0 saturated heterocycles. The van der Waals surface area contributed by atoms with Gasteiger partial charge in [0.15, 0.2) is 0 Å². The number of aliphatic hydroxyl groups is 2. The van der Waals surface area contributed by atoms with E-state index in [1.54, 1.807) is 0 Å². The van der Waals surface area contributed by atoms with Gasteiger partial charge in [-0.2, -0.15) is 0 Å². The normalized spacial score (nSPS) is 10.2. The van der Waals surface area contributed by atoms with Crippen molar-refractivity contribution in [3.8, 4) is 0 Å². The van der Waals surface area contributed by atoms with Crippen LogP contribution in [-0.4, -0.2) is 26.8 Å². The van der Waals surface area contributed by atoms with Crippen LogP contribution in [-0.2, 0) is 13.0 Å². The van der Waals surface area contributed by atoms with E-state index >= 15 is 0 Å². The van der Waals surface area contributed by atoms with E-state index in [1.165, 1.54) is 6.20 Å². The molecule has 0 unspecified atom stereocenters. The summed E-state index contributed by atoms with van der Waals surface area (Å²) >= 11 is 0. The summed E-state index contributed by atoms with van der Waals surface area (Å²) in [5, 5.41) is 17.3. The second-order valence-electron chi connectivity index (χ2n) is 2.33. The average Bonchev–Trinajstić information content (AvgIpc) is 2.05. The number of rotatable bonds is 3. The van der Waals surface area contributed by atoms with Crippen molar-refractivity contribution in [2.45, 2.75) is 13.0 Å². The zero-order valence-corrected chi connectivity index (χ0v) is 6.56. The van der Waals surface area contributed by atoms with Crippen molar-refractivity contribution < 1.29 is 10.2 Å². The molecule has 5 heteroatoms. The SMILES string of the molecule is Nc1nc(CCO)ncc1CO. The number of nitrogens with zero attached hydrogens (tertiary/aromatic N) is 2. The standard InChI is InChI=1S/C7H11N3O2/c8-7-5(4-12)3-9-6(10-7)1-2-11/h3,11-12H,1-2,4H2,(H2,8,9,10). The third-order valence-electron chi connectivity index (χ3n) is 1.45. The predicted molar refractivity (Wildman–Crippen MR) is 43.2 cm³/mol. The maximum atomic E-state index is 8.73. The van der Waals surface area contributed by atoms with Crippen LogP contribution < -0.4 is 5.73 Å².